The molecule has 2 aromatic rings. The summed E-state index contributed by atoms with van der Waals surface area (Å²) in [6.07, 6.45) is 0. The molecule has 1 unspecified atom stereocenters. The fraction of sp³-hybridized carbons (Fsp3) is 0.278. The van der Waals surface area contributed by atoms with Gasteiger partial charge in [-0.15, -0.1) is 10.2 Å². The molecule has 1 aliphatic rings. The molecule has 0 aliphatic carbocycles. The van der Waals surface area contributed by atoms with Crippen LogP contribution >= 0.6 is 23.2 Å². The number of aromatic nitrogens is 2. The molecule has 8 heteroatoms. The van der Waals surface area contributed by atoms with Crippen molar-refractivity contribution in [2.24, 2.45) is 0 Å². The summed E-state index contributed by atoms with van der Waals surface area (Å²) in [6, 6.07) is 5.29. The number of ether oxygens (including phenoxy) is 1. The number of carbonyl (C=O) groups is 1. The summed E-state index contributed by atoms with van der Waals surface area (Å²) in [4.78, 5) is 12.6. The Morgan fingerprint density at radius 2 is 1.92 bits per heavy atom. The number of rotatable bonds is 3. The number of allylic oxidation sites excluding steroid dienone is 3. The molecule has 0 fully saturated rings. The van der Waals surface area contributed by atoms with E-state index >= 15 is 0 Å². The molecule has 0 radical (unpaired) electrons. The van der Waals surface area contributed by atoms with E-state index in [0.717, 1.165) is 5.70 Å². The third-order valence-corrected chi connectivity index (χ3v) is 5.05. The highest BCUT2D eigenvalue weighted by atomic mass is 35.5. The van der Waals surface area contributed by atoms with Crippen molar-refractivity contribution in [1.29, 1.82) is 0 Å². The van der Waals surface area contributed by atoms with Crippen LogP contribution in [0.5, 0.6) is 0 Å². The van der Waals surface area contributed by atoms with Gasteiger partial charge in [0.2, 0.25) is 11.8 Å². The van der Waals surface area contributed by atoms with Gasteiger partial charge < -0.3 is 14.5 Å². The molecule has 136 valence electrons. The van der Waals surface area contributed by atoms with Crippen LogP contribution in [0.15, 0.2) is 39.6 Å². The summed E-state index contributed by atoms with van der Waals surface area (Å²) < 4.78 is 10.6. The van der Waals surface area contributed by atoms with Gasteiger partial charge >= 0.3 is 5.97 Å². The normalized spacial score (nSPS) is 17.4. The van der Waals surface area contributed by atoms with Gasteiger partial charge in [0.1, 0.15) is 0 Å². The van der Waals surface area contributed by atoms with Crippen molar-refractivity contribution in [1.82, 2.24) is 15.5 Å². The zero-order valence-corrected chi connectivity index (χ0v) is 16.2. The minimum absolute atomic E-state index is 0.308. The molecular weight excluding hydrogens is 377 g/mol. The van der Waals surface area contributed by atoms with Crippen molar-refractivity contribution in [2.45, 2.75) is 26.7 Å². The fourth-order valence-electron chi connectivity index (χ4n) is 3.12. The monoisotopic (exact) mass is 393 g/mol. The summed E-state index contributed by atoms with van der Waals surface area (Å²) >= 11 is 12.7. The molecular formula is C18H17Cl2N3O3. The van der Waals surface area contributed by atoms with E-state index in [2.05, 4.69) is 15.5 Å². The number of esters is 1. The lowest BCUT2D eigenvalue weighted by atomic mass is 9.80. The zero-order chi connectivity index (χ0) is 19.0. The Morgan fingerprint density at radius 3 is 2.54 bits per heavy atom. The second-order valence-corrected chi connectivity index (χ2v) is 6.68. The quantitative estimate of drug-likeness (QED) is 0.785. The maximum Gasteiger partial charge on any atom is 0.336 e. The van der Waals surface area contributed by atoms with Crippen LogP contribution in [0.3, 0.4) is 0 Å². The topological polar surface area (TPSA) is 77.2 Å². The number of aryl methyl sites for hydroxylation is 1. The second-order valence-electron chi connectivity index (χ2n) is 5.90. The number of hydrogen-bond donors (Lipinski definition) is 1. The number of nitrogens with one attached hydrogen (secondary N) is 1. The van der Waals surface area contributed by atoms with E-state index in [1.54, 1.807) is 26.0 Å². The molecule has 1 aromatic heterocycles. The average molecular weight is 394 g/mol. The molecule has 2 heterocycles. The Hall–Kier alpha value is -2.31. The third-order valence-electron chi connectivity index (χ3n) is 4.21. The minimum Gasteiger partial charge on any atom is -0.466 e. The highest BCUT2D eigenvalue weighted by Gasteiger charge is 2.38. The van der Waals surface area contributed by atoms with E-state index in [1.807, 2.05) is 13.0 Å². The van der Waals surface area contributed by atoms with Crippen molar-refractivity contribution >= 4 is 34.7 Å². The maximum atomic E-state index is 12.6. The van der Waals surface area contributed by atoms with E-state index < -0.39 is 11.9 Å². The van der Waals surface area contributed by atoms with Crippen LogP contribution in [0.2, 0.25) is 10.0 Å². The lowest BCUT2D eigenvalue weighted by Gasteiger charge is -2.30. The summed E-state index contributed by atoms with van der Waals surface area (Å²) in [6.45, 7) is 5.38. The fourth-order valence-corrected chi connectivity index (χ4v) is 3.53. The molecule has 0 saturated carbocycles. The number of nitrogens with zero attached hydrogens (tertiary/aromatic N) is 2. The Morgan fingerprint density at radius 1 is 1.19 bits per heavy atom. The van der Waals surface area contributed by atoms with Gasteiger partial charge in [0, 0.05) is 23.9 Å². The summed E-state index contributed by atoms with van der Waals surface area (Å²) in [5, 5.41) is 12.0. The molecule has 1 aromatic carbocycles. The molecule has 0 amide bonds. The van der Waals surface area contributed by atoms with Crippen LogP contribution in [0.4, 0.5) is 0 Å². The highest BCUT2D eigenvalue weighted by molar-refractivity contribution is 6.42. The number of halogens is 2. The van der Waals surface area contributed by atoms with E-state index in [9.17, 15) is 4.79 Å². The third kappa shape index (κ3) is 3.10. The lowest BCUT2D eigenvalue weighted by molar-refractivity contribution is -0.136. The summed E-state index contributed by atoms with van der Waals surface area (Å²) in [7, 11) is 1.33. The van der Waals surface area contributed by atoms with Gasteiger partial charge in [-0.1, -0.05) is 35.3 Å². The van der Waals surface area contributed by atoms with Gasteiger partial charge in [0.15, 0.2) is 0 Å². The van der Waals surface area contributed by atoms with Crippen LogP contribution in [-0.2, 0) is 9.53 Å². The Balaban J connectivity index is 2.30. The van der Waals surface area contributed by atoms with E-state index in [0.29, 0.717) is 44.2 Å². The van der Waals surface area contributed by atoms with Crippen molar-refractivity contribution in [3.8, 4) is 0 Å². The van der Waals surface area contributed by atoms with Crippen molar-refractivity contribution < 1.29 is 13.9 Å². The first-order chi connectivity index (χ1) is 12.3. The van der Waals surface area contributed by atoms with Crippen LogP contribution in [0.25, 0.3) is 5.57 Å². The molecule has 0 spiro atoms. The molecule has 1 N–H and O–H groups in total. The van der Waals surface area contributed by atoms with Crippen LogP contribution < -0.4 is 5.32 Å². The highest BCUT2D eigenvalue weighted by Crippen LogP contribution is 2.46. The maximum absolute atomic E-state index is 12.6. The summed E-state index contributed by atoms with van der Waals surface area (Å²) in [5.74, 6) is -0.309. The van der Waals surface area contributed by atoms with E-state index in [4.69, 9.17) is 32.4 Å². The van der Waals surface area contributed by atoms with Gasteiger partial charge in [-0.25, -0.2) is 4.79 Å². The van der Waals surface area contributed by atoms with Crippen molar-refractivity contribution in [3.63, 3.8) is 0 Å². The minimum atomic E-state index is -0.560. The van der Waals surface area contributed by atoms with Crippen LogP contribution in [-0.4, -0.2) is 23.3 Å². The number of dihydropyridines is 1. The van der Waals surface area contributed by atoms with Gasteiger partial charge in [-0.2, -0.15) is 0 Å². The Kier molecular flexibility index (Phi) is 5.07. The molecule has 0 saturated heterocycles. The predicted molar refractivity (Wildman–Crippen MR) is 98.7 cm³/mol. The van der Waals surface area contributed by atoms with Gasteiger partial charge in [-0.05, 0) is 25.5 Å². The Labute approximate surface area is 160 Å². The Bertz CT molecular complexity index is 947. The second kappa shape index (κ2) is 7.13. The predicted octanol–water partition coefficient (Wildman–Crippen LogP) is 4.25. The zero-order valence-electron chi connectivity index (χ0n) is 14.7. The van der Waals surface area contributed by atoms with Crippen LogP contribution in [0.1, 0.15) is 37.1 Å². The van der Waals surface area contributed by atoms with E-state index in [-0.39, 0.29) is 0 Å². The molecule has 1 atom stereocenters. The number of methoxy groups -OCH3 is 1. The standard InChI is InChI=1S/C18H17Cl2N3O3/c1-8-13(17-23-22-10(3)26-17)15(11-6-5-7-12(19)16(11)20)14(9(2)21-8)18(24)25-4/h5-7,15,21H,1-4H3. The molecule has 26 heavy (non-hydrogen) atoms. The molecule has 0 bridgehead atoms. The molecule has 6 nitrogen and oxygen atoms in total. The smallest absolute Gasteiger partial charge is 0.336 e. The summed E-state index contributed by atoms with van der Waals surface area (Å²) in [5.41, 5.74) is 3.16. The SMILES string of the molecule is COC(=O)C1=C(C)NC(C)=C(c2nnc(C)o2)C1c1cccc(Cl)c1Cl. The van der Waals surface area contributed by atoms with E-state index in [1.165, 1.54) is 7.11 Å². The lowest BCUT2D eigenvalue weighted by Crippen LogP contribution is -2.28. The van der Waals surface area contributed by atoms with Crippen LogP contribution in [0, 0.1) is 6.92 Å². The van der Waals surface area contributed by atoms with Gasteiger partial charge in [-0.3, -0.25) is 0 Å². The van der Waals surface area contributed by atoms with Gasteiger partial charge in [0.25, 0.3) is 0 Å². The van der Waals surface area contributed by atoms with Gasteiger partial charge in [0.05, 0.1) is 28.6 Å². The number of carbonyl (C=O) groups excluding carboxylic acids is 1. The number of hydrogen-bond acceptors (Lipinski definition) is 6. The average Bonchev–Trinajstić information content (AvgIpc) is 3.02. The van der Waals surface area contributed by atoms with Crippen molar-refractivity contribution in [2.75, 3.05) is 7.11 Å². The first-order valence-corrected chi connectivity index (χ1v) is 8.62. The largest absolute Gasteiger partial charge is 0.466 e. The molecule has 1 aliphatic heterocycles. The van der Waals surface area contributed by atoms with Crippen molar-refractivity contribution in [3.05, 3.63) is 62.6 Å². The first-order valence-electron chi connectivity index (χ1n) is 7.86. The first kappa shape index (κ1) is 18.5. The molecule has 3 rings (SSSR count). The number of benzene rings is 1.